The van der Waals surface area contributed by atoms with Crippen molar-refractivity contribution in [2.24, 2.45) is 5.92 Å². The van der Waals surface area contributed by atoms with Crippen molar-refractivity contribution in [3.8, 4) is 0 Å². The van der Waals surface area contributed by atoms with E-state index in [-0.39, 0.29) is 17.6 Å². The summed E-state index contributed by atoms with van der Waals surface area (Å²) in [5, 5.41) is 7.33. The van der Waals surface area contributed by atoms with Crippen LogP contribution in [-0.2, 0) is 4.79 Å². The lowest BCUT2D eigenvalue weighted by atomic mass is 10.0. The van der Waals surface area contributed by atoms with Crippen LogP contribution in [0.3, 0.4) is 0 Å². The summed E-state index contributed by atoms with van der Waals surface area (Å²) in [6.07, 6.45) is 5.50. The zero-order valence-corrected chi connectivity index (χ0v) is 12.6. The highest BCUT2D eigenvalue weighted by atomic mass is 16.2. The molecule has 1 aliphatic carbocycles. The molecule has 6 nitrogen and oxygen atoms in total. The molecule has 2 N–H and O–H groups in total. The first-order valence-corrected chi connectivity index (χ1v) is 7.44. The Kier molecular flexibility index (Phi) is 3.75. The molecule has 1 aliphatic rings. The largest absolute Gasteiger partial charge is 0.373 e. The van der Waals surface area contributed by atoms with Gasteiger partial charge in [0, 0.05) is 48.1 Å². The van der Waals surface area contributed by atoms with Gasteiger partial charge in [-0.3, -0.25) is 9.59 Å². The van der Waals surface area contributed by atoms with Crippen molar-refractivity contribution in [1.29, 1.82) is 0 Å². The van der Waals surface area contributed by atoms with Crippen LogP contribution in [-0.4, -0.2) is 28.7 Å². The van der Waals surface area contributed by atoms with Crippen LogP contribution in [0.15, 0.2) is 18.5 Å². The Morgan fingerprint density at radius 3 is 2.64 bits per heavy atom. The SMILES string of the molecule is CCC(=O)c1cnc(NC)c2cnc(NC(=O)C3CC3)cc12. The van der Waals surface area contributed by atoms with Gasteiger partial charge in [-0.15, -0.1) is 0 Å². The molecule has 0 radical (unpaired) electrons. The van der Waals surface area contributed by atoms with Crippen molar-refractivity contribution in [2.45, 2.75) is 26.2 Å². The number of ketones is 1. The molecule has 2 heterocycles. The molecule has 0 saturated heterocycles. The summed E-state index contributed by atoms with van der Waals surface area (Å²) in [7, 11) is 1.77. The fraction of sp³-hybridized carbons (Fsp3) is 0.375. The van der Waals surface area contributed by atoms with Crippen LogP contribution >= 0.6 is 0 Å². The van der Waals surface area contributed by atoms with Gasteiger partial charge in [-0.25, -0.2) is 9.97 Å². The minimum Gasteiger partial charge on any atom is -0.373 e. The Bertz CT molecular complexity index is 753. The molecule has 0 aliphatic heterocycles. The van der Waals surface area contributed by atoms with Crippen molar-refractivity contribution in [3.63, 3.8) is 0 Å². The molecular formula is C16H18N4O2. The molecule has 2 aromatic rings. The Balaban J connectivity index is 2.06. The molecular weight excluding hydrogens is 280 g/mol. The third kappa shape index (κ3) is 2.64. The first-order valence-electron chi connectivity index (χ1n) is 7.44. The van der Waals surface area contributed by atoms with Crippen molar-refractivity contribution in [2.75, 3.05) is 17.7 Å². The van der Waals surface area contributed by atoms with E-state index < -0.39 is 0 Å². The number of hydrogen-bond donors (Lipinski definition) is 2. The molecule has 3 rings (SSSR count). The number of fused-ring (bicyclic) bond motifs is 1. The number of carbonyl (C=O) groups excluding carboxylic acids is 2. The van der Waals surface area contributed by atoms with Crippen LogP contribution in [0.5, 0.6) is 0 Å². The number of hydrogen-bond acceptors (Lipinski definition) is 5. The molecule has 1 fully saturated rings. The molecule has 0 spiro atoms. The van der Waals surface area contributed by atoms with Gasteiger partial charge >= 0.3 is 0 Å². The minimum atomic E-state index is -0.00175. The van der Waals surface area contributed by atoms with E-state index in [0.29, 0.717) is 23.6 Å². The third-order valence-electron chi connectivity index (χ3n) is 3.83. The summed E-state index contributed by atoms with van der Waals surface area (Å²) >= 11 is 0. The van der Waals surface area contributed by atoms with Crippen LogP contribution in [0.25, 0.3) is 10.8 Å². The summed E-state index contributed by atoms with van der Waals surface area (Å²) in [6, 6.07) is 1.75. The summed E-state index contributed by atoms with van der Waals surface area (Å²) in [6.45, 7) is 1.82. The van der Waals surface area contributed by atoms with Gasteiger partial charge in [-0.05, 0) is 18.9 Å². The van der Waals surface area contributed by atoms with Crippen LogP contribution in [0.2, 0.25) is 0 Å². The second-order valence-electron chi connectivity index (χ2n) is 5.43. The quantitative estimate of drug-likeness (QED) is 0.829. The molecule has 1 amide bonds. The van der Waals surface area contributed by atoms with E-state index in [4.69, 9.17) is 0 Å². The standard InChI is InChI=1S/C16H18N4O2/c1-3-13(21)11-7-19-15(17-2)12-8-18-14(6-10(11)12)20-16(22)9-4-5-9/h6-9H,3-5H2,1-2H3,(H,17,19)(H,18,20,22). The van der Waals surface area contributed by atoms with Gasteiger partial charge < -0.3 is 10.6 Å². The summed E-state index contributed by atoms with van der Waals surface area (Å²) in [5.74, 6) is 1.27. The maximum Gasteiger partial charge on any atom is 0.228 e. The second kappa shape index (κ2) is 5.71. The van der Waals surface area contributed by atoms with Gasteiger partial charge in [-0.2, -0.15) is 0 Å². The first-order chi connectivity index (χ1) is 10.6. The molecule has 22 heavy (non-hydrogen) atoms. The summed E-state index contributed by atoms with van der Waals surface area (Å²) in [4.78, 5) is 32.5. The number of nitrogens with one attached hydrogen (secondary N) is 2. The number of nitrogens with zero attached hydrogens (tertiary/aromatic N) is 2. The van der Waals surface area contributed by atoms with Crippen molar-refractivity contribution in [1.82, 2.24) is 9.97 Å². The van der Waals surface area contributed by atoms with E-state index in [1.165, 1.54) is 0 Å². The molecule has 6 heteroatoms. The van der Waals surface area contributed by atoms with Crippen LogP contribution in [0, 0.1) is 5.92 Å². The summed E-state index contributed by atoms with van der Waals surface area (Å²) < 4.78 is 0. The zero-order valence-electron chi connectivity index (χ0n) is 12.6. The highest BCUT2D eigenvalue weighted by Crippen LogP contribution is 2.31. The average molecular weight is 298 g/mol. The van der Waals surface area contributed by atoms with E-state index in [1.54, 1.807) is 25.5 Å². The molecule has 0 aromatic carbocycles. The highest BCUT2D eigenvalue weighted by molar-refractivity contribution is 6.10. The molecule has 0 unspecified atom stereocenters. The van der Waals surface area contributed by atoms with Crippen molar-refractivity contribution in [3.05, 3.63) is 24.0 Å². The van der Waals surface area contributed by atoms with E-state index in [2.05, 4.69) is 20.6 Å². The van der Waals surface area contributed by atoms with Gasteiger partial charge in [0.05, 0.1) is 0 Å². The number of aromatic nitrogens is 2. The van der Waals surface area contributed by atoms with E-state index >= 15 is 0 Å². The Morgan fingerprint density at radius 2 is 2.00 bits per heavy atom. The van der Waals surface area contributed by atoms with Crippen LogP contribution < -0.4 is 10.6 Å². The number of amides is 1. The average Bonchev–Trinajstić information content (AvgIpc) is 3.37. The maximum absolute atomic E-state index is 12.1. The number of Topliss-reactive ketones (excluding diaryl/α,β-unsaturated/α-hetero) is 1. The zero-order chi connectivity index (χ0) is 15.7. The molecule has 2 aromatic heterocycles. The van der Waals surface area contributed by atoms with E-state index in [1.807, 2.05) is 6.92 Å². The first kappa shape index (κ1) is 14.4. The van der Waals surface area contributed by atoms with Crippen LogP contribution in [0.4, 0.5) is 11.6 Å². The minimum absolute atomic E-state index is 0.00175. The Morgan fingerprint density at radius 1 is 1.23 bits per heavy atom. The van der Waals surface area contributed by atoms with Gasteiger partial charge in [0.25, 0.3) is 0 Å². The highest BCUT2D eigenvalue weighted by Gasteiger charge is 2.29. The number of carbonyl (C=O) groups is 2. The van der Waals surface area contributed by atoms with Crippen molar-refractivity contribution >= 4 is 34.1 Å². The second-order valence-corrected chi connectivity index (χ2v) is 5.43. The summed E-state index contributed by atoms with van der Waals surface area (Å²) in [5.41, 5.74) is 0.556. The number of pyridine rings is 2. The third-order valence-corrected chi connectivity index (χ3v) is 3.83. The van der Waals surface area contributed by atoms with Gasteiger partial charge in [-0.1, -0.05) is 6.92 Å². The maximum atomic E-state index is 12.1. The fourth-order valence-electron chi connectivity index (χ4n) is 2.39. The smallest absolute Gasteiger partial charge is 0.228 e. The van der Waals surface area contributed by atoms with E-state index in [9.17, 15) is 9.59 Å². The van der Waals surface area contributed by atoms with Gasteiger partial charge in [0.15, 0.2) is 5.78 Å². The predicted octanol–water partition coefficient (Wildman–Crippen LogP) is 2.61. The number of anilines is 2. The van der Waals surface area contributed by atoms with Gasteiger partial charge in [0.2, 0.25) is 5.91 Å². The number of rotatable bonds is 5. The Labute approximate surface area is 128 Å². The van der Waals surface area contributed by atoms with Crippen molar-refractivity contribution < 1.29 is 9.59 Å². The monoisotopic (exact) mass is 298 g/mol. The lowest BCUT2D eigenvalue weighted by molar-refractivity contribution is -0.117. The fourth-order valence-corrected chi connectivity index (χ4v) is 2.39. The Hall–Kier alpha value is -2.50. The topological polar surface area (TPSA) is 84.0 Å². The lowest BCUT2D eigenvalue weighted by Crippen LogP contribution is -2.14. The van der Waals surface area contributed by atoms with Crippen LogP contribution in [0.1, 0.15) is 36.5 Å². The van der Waals surface area contributed by atoms with E-state index in [0.717, 1.165) is 23.6 Å². The molecule has 0 atom stereocenters. The van der Waals surface area contributed by atoms with Gasteiger partial charge in [0.1, 0.15) is 11.6 Å². The molecule has 1 saturated carbocycles. The lowest BCUT2D eigenvalue weighted by Gasteiger charge is -2.11. The normalized spacial score (nSPS) is 13.9. The molecule has 0 bridgehead atoms. The molecule has 114 valence electrons. The predicted molar refractivity (Wildman–Crippen MR) is 85.1 cm³/mol.